The number of halogens is 1. The molecule has 0 unspecified atom stereocenters. The van der Waals surface area contributed by atoms with Crippen molar-refractivity contribution in [1.29, 1.82) is 0 Å². The van der Waals surface area contributed by atoms with E-state index in [0.717, 1.165) is 10.7 Å². The average molecular weight is 343 g/mol. The molecular formula is C12H11BrN2O3S. The van der Waals surface area contributed by atoms with E-state index in [9.17, 15) is 8.42 Å². The van der Waals surface area contributed by atoms with Gasteiger partial charge in [-0.15, -0.1) is 0 Å². The van der Waals surface area contributed by atoms with E-state index in [1.54, 1.807) is 24.5 Å². The fourth-order valence-electron chi connectivity index (χ4n) is 1.35. The summed E-state index contributed by atoms with van der Waals surface area (Å²) in [6, 6.07) is 5.08. The van der Waals surface area contributed by atoms with E-state index in [-0.39, 0.29) is 11.5 Å². The van der Waals surface area contributed by atoms with Gasteiger partial charge < -0.3 is 4.74 Å². The number of hydrogen-bond donors (Lipinski definition) is 0. The molecule has 2 rings (SSSR count). The molecule has 0 aliphatic rings. The molecule has 2 heterocycles. The van der Waals surface area contributed by atoms with E-state index in [0.29, 0.717) is 11.4 Å². The van der Waals surface area contributed by atoms with Crippen molar-refractivity contribution < 1.29 is 13.2 Å². The molecule has 0 atom stereocenters. The van der Waals surface area contributed by atoms with Crippen molar-refractivity contribution >= 4 is 25.8 Å². The maximum absolute atomic E-state index is 11.4. The minimum atomic E-state index is -3.25. The summed E-state index contributed by atoms with van der Waals surface area (Å²) in [4.78, 5) is 8.13. The second-order valence-electron chi connectivity index (χ2n) is 3.90. The Morgan fingerprint density at radius 1 is 1.26 bits per heavy atom. The lowest BCUT2D eigenvalue weighted by molar-refractivity contribution is 0.293. The normalized spacial score (nSPS) is 11.3. The van der Waals surface area contributed by atoms with Crippen LogP contribution in [0.15, 0.2) is 46.2 Å². The maximum Gasteiger partial charge on any atom is 0.213 e. The predicted octanol–water partition coefficient (Wildman–Crippen LogP) is 2.22. The third-order valence-electron chi connectivity index (χ3n) is 2.28. The Balaban J connectivity index is 2.10. The molecule has 0 aliphatic carbocycles. The molecule has 0 aromatic carbocycles. The van der Waals surface area contributed by atoms with Crippen molar-refractivity contribution in [3.8, 4) is 5.88 Å². The number of nitrogens with zero attached hydrogens (tertiary/aromatic N) is 2. The number of pyridine rings is 2. The Kier molecular flexibility index (Phi) is 4.16. The van der Waals surface area contributed by atoms with Crippen molar-refractivity contribution in [2.45, 2.75) is 11.5 Å². The van der Waals surface area contributed by atoms with Crippen LogP contribution in [-0.4, -0.2) is 24.6 Å². The summed E-state index contributed by atoms with van der Waals surface area (Å²) in [5.74, 6) is 0.466. The van der Waals surface area contributed by atoms with Crippen LogP contribution in [0.3, 0.4) is 0 Å². The topological polar surface area (TPSA) is 69.2 Å². The summed E-state index contributed by atoms with van der Waals surface area (Å²) in [7, 11) is -3.25. The molecule has 0 amide bonds. The first-order chi connectivity index (χ1) is 8.95. The Hall–Kier alpha value is -1.47. The minimum absolute atomic E-state index is 0.178. The fourth-order valence-corrected chi connectivity index (χ4v) is 2.20. The summed E-state index contributed by atoms with van der Waals surface area (Å²) in [5, 5.41) is 0. The molecule has 0 radical (unpaired) electrons. The van der Waals surface area contributed by atoms with Crippen LogP contribution in [0.2, 0.25) is 0 Å². The summed E-state index contributed by atoms with van der Waals surface area (Å²) >= 11 is 3.28. The van der Waals surface area contributed by atoms with Crippen LogP contribution in [0.4, 0.5) is 0 Å². The lowest BCUT2D eigenvalue weighted by Crippen LogP contribution is -2.02. The van der Waals surface area contributed by atoms with E-state index in [1.807, 2.05) is 6.07 Å². The summed E-state index contributed by atoms with van der Waals surface area (Å²) in [6.07, 6.45) is 5.65. The number of sulfone groups is 1. The van der Waals surface area contributed by atoms with Crippen LogP contribution in [0.1, 0.15) is 5.56 Å². The molecule has 5 nitrogen and oxygen atoms in total. The average Bonchev–Trinajstić information content (AvgIpc) is 2.37. The van der Waals surface area contributed by atoms with Crippen molar-refractivity contribution in [2.24, 2.45) is 0 Å². The van der Waals surface area contributed by atoms with Gasteiger partial charge in [-0.05, 0) is 28.1 Å². The SMILES string of the molecule is CS(=O)(=O)c1cncc(COc2ccc(Br)cn2)c1. The standard InChI is InChI=1S/C12H11BrN2O3S/c1-19(16,17)11-4-9(5-14-7-11)8-18-12-3-2-10(13)6-15-12/h2-7H,8H2,1H3. The zero-order valence-corrected chi connectivity index (χ0v) is 12.5. The lowest BCUT2D eigenvalue weighted by atomic mass is 10.3. The molecule has 2 aromatic heterocycles. The van der Waals surface area contributed by atoms with Gasteiger partial charge in [0.05, 0.1) is 4.90 Å². The molecule has 0 N–H and O–H groups in total. The number of rotatable bonds is 4. The van der Waals surface area contributed by atoms with Crippen molar-refractivity contribution in [2.75, 3.05) is 6.26 Å². The van der Waals surface area contributed by atoms with E-state index >= 15 is 0 Å². The first kappa shape index (κ1) is 14.0. The highest BCUT2D eigenvalue weighted by molar-refractivity contribution is 9.10. The third-order valence-corrected chi connectivity index (χ3v) is 3.83. The van der Waals surface area contributed by atoms with Gasteiger partial charge in [0.25, 0.3) is 0 Å². The van der Waals surface area contributed by atoms with Gasteiger partial charge in [-0.1, -0.05) is 0 Å². The van der Waals surface area contributed by atoms with E-state index in [2.05, 4.69) is 25.9 Å². The van der Waals surface area contributed by atoms with Crippen LogP contribution < -0.4 is 4.74 Å². The predicted molar refractivity (Wildman–Crippen MR) is 73.6 cm³/mol. The number of hydrogen-bond acceptors (Lipinski definition) is 5. The molecule has 0 aliphatic heterocycles. The number of ether oxygens (including phenoxy) is 1. The van der Waals surface area contributed by atoms with Crippen LogP contribution in [0.25, 0.3) is 0 Å². The zero-order valence-electron chi connectivity index (χ0n) is 10.1. The molecule has 19 heavy (non-hydrogen) atoms. The van der Waals surface area contributed by atoms with Crippen molar-refractivity contribution in [1.82, 2.24) is 9.97 Å². The highest BCUT2D eigenvalue weighted by atomic mass is 79.9. The quantitative estimate of drug-likeness (QED) is 0.851. The second-order valence-corrected chi connectivity index (χ2v) is 6.84. The summed E-state index contributed by atoms with van der Waals surface area (Å²) in [5.41, 5.74) is 0.674. The first-order valence-electron chi connectivity index (χ1n) is 5.33. The first-order valence-corrected chi connectivity index (χ1v) is 8.02. The molecule has 100 valence electrons. The lowest BCUT2D eigenvalue weighted by Gasteiger charge is -2.06. The molecule has 0 spiro atoms. The minimum Gasteiger partial charge on any atom is -0.473 e. The van der Waals surface area contributed by atoms with Gasteiger partial charge in [-0.2, -0.15) is 0 Å². The summed E-state index contributed by atoms with van der Waals surface area (Å²) < 4.78 is 29.1. The van der Waals surface area contributed by atoms with Gasteiger partial charge >= 0.3 is 0 Å². The van der Waals surface area contributed by atoms with Crippen molar-refractivity contribution in [3.63, 3.8) is 0 Å². The zero-order chi connectivity index (χ0) is 13.9. The van der Waals surface area contributed by atoms with Crippen LogP contribution in [-0.2, 0) is 16.4 Å². The second kappa shape index (κ2) is 5.66. The van der Waals surface area contributed by atoms with Gasteiger partial charge in [0, 0.05) is 40.9 Å². The molecule has 0 fully saturated rings. The van der Waals surface area contributed by atoms with Crippen LogP contribution in [0, 0.1) is 0 Å². The Morgan fingerprint density at radius 2 is 2.05 bits per heavy atom. The Labute approximate surface area is 119 Å². The van der Waals surface area contributed by atoms with Gasteiger partial charge in [-0.3, -0.25) is 4.98 Å². The molecular weight excluding hydrogens is 332 g/mol. The van der Waals surface area contributed by atoms with Gasteiger partial charge in [0.2, 0.25) is 5.88 Å². The highest BCUT2D eigenvalue weighted by Gasteiger charge is 2.08. The van der Waals surface area contributed by atoms with E-state index in [4.69, 9.17) is 4.74 Å². The van der Waals surface area contributed by atoms with Gasteiger partial charge in [0.15, 0.2) is 9.84 Å². The third kappa shape index (κ3) is 4.00. The van der Waals surface area contributed by atoms with Gasteiger partial charge in [0.1, 0.15) is 6.61 Å². The van der Waals surface area contributed by atoms with Crippen LogP contribution >= 0.6 is 15.9 Å². The Morgan fingerprint density at radius 3 is 2.68 bits per heavy atom. The molecule has 0 saturated carbocycles. The molecule has 0 saturated heterocycles. The highest BCUT2D eigenvalue weighted by Crippen LogP contribution is 2.15. The van der Waals surface area contributed by atoms with Crippen LogP contribution in [0.5, 0.6) is 5.88 Å². The Bertz CT molecular complexity index is 672. The van der Waals surface area contributed by atoms with E-state index < -0.39 is 9.84 Å². The largest absolute Gasteiger partial charge is 0.473 e. The van der Waals surface area contributed by atoms with Gasteiger partial charge in [-0.25, -0.2) is 13.4 Å². The van der Waals surface area contributed by atoms with Crippen molar-refractivity contribution in [3.05, 3.63) is 46.8 Å². The maximum atomic E-state index is 11.4. The molecule has 7 heteroatoms. The smallest absolute Gasteiger partial charge is 0.213 e. The fraction of sp³-hybridized carbons (Fsp3) is 0.167. The molecule has 2 aromatic rings. The number of aromatic nitrogens is 2. The van der Waals surface area contributed by atoms with E-state index in [1.165, 1.54) is 6.20 Å². The summed E-state index contributed by atoms with van der Waals surface area (Å²) in [6.45, 7) is 0.213. The monoisotopic (exact) mass is 342 g/mol. The molecule has 0 bridgehead atoms.